The second-order valence-electron chi connectivity index (χ2n) is 5.33. The molecule has 2 atom stereocenters. The van der Waals surface area contributed by atoms with Gasteiger partial charge in [-0.05, 0) is 17.8 Å². The molecule has 0 bridgehead atoms. The Hall–Kier alpha value is 0.444. The number of hydrogen-bond acceptors (Lipinski definition) is 1. The van der Waals surface area contributed by atoms with Crippen LogP contribution in [-0.4, -0.2) is 23.4 Å². The van der Waals surface area contributed by atoms with Crippen molar-refractivity contribution in [1.29, 1.82) is 0 Å². The molecule has 1 aliphatic heterocycles. The van der Waals surface area contributed by atoms with Crippen LogP contribution < -0.4 is 0 Å². The molecule has 1 radical (unpaired) electrons. The third kappa shape index (κ3) is 4.07. The fourth-order valence-electron chi connectivity index (χ4n) is 2.17. The van der Waals surface area contributed by atoms with Gasteiger partial charge in [-0.1, -0.05) is 33.2 Å². The Kier molecular flexibility index (Phi) is 5.85. The van der Waals surface area contributed by atoms with Crippen molar-refractivity contribution in [3.63, 3.8) is 0 Å². The second-order valence-corrected chi connectivity index (χ2v) is 5.33. The van der Waals surface area contributed by atoms with Crippen LogP contribution in [0.4, 0.5) is 0 Å². The van der Waals surface area contributed by atoms with Crippen molar-refractivity contribution in [2.45, 2.75) is 39.7 Å². The van der Waals surface area contributed by atoms with Gasteiger partial charge < -0.3 is 23.5 Å². The Labute approximate surface area is 119 Å². The Morgan fingerprint density at radius 3 is 2.27 bits per heavy atom. The second kappa shape index (κ2) is 5.68. The Balaban J connectivity index is 0.00000196. The molecule has 0 N–H and O–H groups in total. The first-order valence-corrected chi connectivity index (χ1v) is 5.28. The average Bonchev–Trinajstić information content (AvgIpc) is 2.01. The fraction of sp³-hybridized carbons (Fsp3) is 0.750. The molecule has 2 nitrogen and oxygen atoms in total. The zero-order valence-corrected chi connectivity index (χ0v) is 13.0. The van der Waals surface area contributed by atoms with Gasteiger partial charge in [0.1, 0.15) is 0 Å². The van der Waals surface area contributed by atoms with Crippen LogP contribution in [-0.2, 0) is 37.5 Å². The van der Waals surface area contributed by atoms with E-state index in [1.807, 2.05) is 0 Å². The monoisotopic (exact) mass is 284 g/mol. The zero-order valence-electron chi connectivity index (χ0n) is 10.1. The first-order valence-electron chi connectivity index (χ1n) is 5.28. The maximum Gasteiger partial charge on any atom is 0.0801 e. The molecule has 1 heterocycles. The summed E-state index contributed by atoms with van der Waals surface area (Å²) in [5, 5.41) is 0. The number of amides is 1. The molecule has 1 aliphatic rings. The van der Waals surface area contributed by atoms with E-state index in [4.69, 9.17) is 0 Å². The maximum atomic E-state index is 11.1. The minimum Gasteiger partial charge on any atom is -0.395 e. The summed E-state index contributed by atoms with van der Waals surface area (Å²) in [6.45, 7) is 15.1. The van der Waals surface area contributed by atoms with Crippen LogP contribution in [0.1, 0.15) is 33.6 Å². The van der Waals surface area contributed by atoms with Gasteiger partial charge in [0.25, 0.3) is 0 Å². The largest absolute Gasteiger partial charge is 0.395 e. The molecule has 0 unspecified atom stereocenters. The van der Waals surface area contributed by atoms with Crippen LogP contribution in [0.3, 0.4) is 0 Å². The summed E-state index contributed by atoms with van der Waals surface area (Å²) < 4.78 is 0. The van der Waals surface area contributed by atoms with E-state index in [1.165, 1.54) is 0 Å². The summed E-state index contributed by atoms with van der Waals surface area (Å²) in [6, 6.07) is 0.109. The summed E-state index contributed by atoms with van der Waals surface area (Å²) >= 11 is 0. The third-order valence-corrected chi connectivity index (χ3v) is 3.26. The average molecular weight is 284 g/mol. The summed E-state index contributed by atoms with van der Waals surface area (Å²) in [4.78, 5) is 12.9. The van der Waals surface area contributed by atoms with Crippen molar-refractivity contribution in [3.8, 4) is 0 Å². The van der Waals surface area contributed by atoms with E-state index < -0.39 is 0 Å². The van der Waals surface area contributed by atoms with Crippen LogP contribution >= 0.6 is 0 Å². The van der Waals surface area contributed by atoms with E-state index in [-0.39, 0.29) is 44.7 Å². The normalized spacial score (nSPS) is 27.1. The first-order chi connectivity index (χ1) is 6.32. The first kappa shape index (κ1) is 15.4. The molecule has 1 saturated heterocycles. The maximum absolute atomic E-state index is 11.1. The number of rotatable bonds is 0. The van der Waals surface area contributed by atoms with E-state index in [2.05, 4.69) is 34.6 Å². The number of piperidine rings is 1. The van der Waals surface area contributed by atoms with Gasteiger partial charge in [0.2, 0.25) is 0 Å². The van der Waals surface area contributed by atoms with E-state index in [0.717, 1.165) is 19.4 Å². The van der Waals surface area contributed by atoms with Gasteiger partial charge in [-0.25, -0.2) is 0 Å². The molecule has 1 amide bonds. The van der Waals surface area contributed by atoms with Gasteiger partial charge in [0.05, 0.1) is 5.91 Å². The topological polar surface area (TPSA) is 20.3 Å². The fourth-order valence-corrected chi connectivity index (χ4v) is 2.17. The van der Waals surface area contributed by atoms with Crippen LogP contribution in [0.5, 0.6) is 0 Å². The SMILES string of the molecule is [CH2-]C(=O)N1CC[C@@H](C(C)(C)C)C[C@H]1[CH2-].[Y]. The van der Waals surface area contributed by atoms with Crippen molar-refractivity contribution in [2.75, 3.05) is 6.54 Å². The van der Waals surface area contributed by atoms with Crippen molar-refractivity contribution in [2.24, 2.45) is 11.3 Å². The molecule has 3 heteroatoms. The smallest absolute Gasteiger partial charge is 0.0801 e. The Morgan fingerprint density at radius 2 is 1.93 bits per heavy atom. The number of carbonyl (C=O) groups is 1. The van der Waals surface area contributed by atoms with E-state index >= 15 is 0 Å². The summed E-state index contributed by atoms with van der Waals surface area (Å²) in [5.41, 5.74) is 0.326. The van der Waals surface area contributed by atoms with Crippen molar-refractivity contribution >= 4 is 5.91 Å². The Bertz CT molecular complexity index is 222. The number of carbonyl (C=O) groups excluding carboxylic acids is 1. The quantitative estimate of drug-likeness (QED) is 0.625. The van der Waals surface area contributed by atoms with Gasteiger partial charge >= 0.3 is 0 Å². The van der Waals surface area contributed by atoms with Crippen LogP contribution in [0, 0.1) is 25.2 Å². The molecular formula is C12H21NOY-2. The predicted molar refractivity (Wildman–Crippen MR) is 58.4 cm³/mol. The summed E-state index contributed by atoms with van der Waals surface area (Å²) in [6.07, 6.45) is 2.08. The Morgan fingerprint density at radius 1 is 1.40 bits per heavy atom. The van der Waals surface area contributed by atoms with Gasteiger partial charge in [-0.2, -0.15) is 0 Å². The van der Waals surface area contributed by atoms with Crippen LogP contribution in [0.25, 0.3) is 0 Å². The van der Waals surface area contributed by atoms with Gasteiger partial charge in [-0.3, -0.25) is 0 Å². The minimum atomic E-state index is -0.0858. The molecule has 0 aromatic carbocycles. The van der Waals surface area contributed by atoms with Gasteiger partial charge in [0, 0.05) is 39.3 Å². The minimum absolute atomic E-state index is 0. The zero-order chi connectivity index (χ0) is 10.9. The number of hydrogen-bond donors (Lipinski definition) is 0. The van der Waals surface area contributed by atoms with Gasteiger partial charge in [-0.15, -0.1) is 0 Å². The van der Waals surface area contributed by atoms with Crippen molar-refractivity contribution in [1.82, 2.24) is 4.90 Å². The standard InChI is InChI=1S/C12H21NO.Y/c1-9-8-11(12(3,4)5)6-7-13(9)10(2)14;/h9,11H,1-2,6-8H2,3-5H3;/q-2;/t9-,11-;/m1./s1. The van der Waals surface area contributed by atoms with E-state index in [1.54, 1.807) is 4.90 Å². The van der Waals surface area contributed by atoms with Crippen LogP contribution in [0.2, 0.25) is 0 Å². The van der Waals surface area contributed by atoms with E-state index in [9.17, 15) is 4.79 Å². The molecule has 0 aromatic rings. The van der Waals surface area contributed by atoms with Gasteiger partial charge in [0.15, 0.2) is 0 Å². The predicted octanol–water partition coefficient (Wildman–Crippen LogP) is 2.31. The van der Waals surface area contributed by atoms with Crippen LogP contribution in [0.15, 0.2) is 0 Å². The third-order valence-electron chi connectivity index (χ3n) is 3.26. The molecule has 0 aromatic heterocycles. The summed E-state index contributed by atoms with van der Waals surface area (Å²) in [7, 11) is 0. The molecule has 0 saturated carbocycles. The van der Waals surface area contributed by atoms with E-state index in [0.29, 0.717) is 11.3 Å². The number of likely N-dealkylation sites (tertiary alicyclic amines) is 1. The summed E-state index contributed by atoms with van der Waals surface area (Å²) in [5.74, 6) is 0.581. The molecule has 85 valence electrons. The molecule has 1 fully saturated rings. The molecule has 0 spiro atoms. The van der Waals surface area contributed by atoms with Crippen molar-refractivity contribution in [3.05, 3.63) is 13.8 Å². The van der Waals surface area contributed by atoms with Crippen molar-refractivity contribution < 1.29 is 37.5 Å². The molecule has 1 rings (SSSR count). The molecule has 15 heavy (non-hydrogen) atoms. The molecule has 0 aliphatic carbocycles. The number of nitrogens with zero attached hydrogens (tertiary/aromatic N) is 1. The molecular weight excluding hydrogens is 263 g/mol.